The summed E-state index contributed by atoms with van der Waals surface area (Å²) in [5.74, 6) is -1.92. The van der Waals surface area contributed by atoms with Gasteiger partial charge in [0.2, 0.25) is 0 Å². The molecule has 10 heteroatoms. The largest absolute Gasteiger partial charge is 0.598 e. The number of nitriles is 1. The highest BCUT2D eigenvalue weighted by molar-refractivity contribution is 9.10. The SMILES string of the molecule is CN(C)/C=C(\C#N)C(=O)CC(N[S+]([O-])C(C)(C)C)(c1cc(Br)ccc1F)C(F)F. The average Bonchev–Trinajstić information content (AvgIpc) is 2.59. The molecule has 0 aliphatic heterocycles. The van der Waals surface area contributed by atoms with Crippen LogP contribution < -0.4 is 4.72 Å². The highest BCUT2D eigenvalue weighted by Crippen LogP contribution is 2.38. The van der Waals surface area contributed by atoms with Crippen molar-refractivity contribution in [3.05, 3.63) is 45.8 Å². The summed E-state index contributed by atoms with van der Waals surface area (Å²) in [5, 5.41) is 9.25. The Hall–Kier alpha value is -1.54. The number of ketones is 1. The van der Waals surface area contributed by atoms with Crippen LogP contribution in [0, 0.1) is 17.1 Å². The lowest BCUT2D eigenvalue weighted by molar-refractivity contribution is -0.118. The van der Waals surface area contributed by atoms with Gasteiger partial charge in [-0.2, -0.15) is 5.26 Å². The molecule has 5 nitrogen and oxygen atoms in total. The van der Waals surface area contributed by atoms with Gasteiger partial charge in [-0.15, -0.1) is 4.72 Å². The number of carbonyl (C=O) groups excluding carboxylic acids is 1. The lowest BCUT2D eigenvalue weighted by atomic mass is 9.84. The van der Waals surface area contributed by atoms with Crippen molar-refractivity contribution < 1.29 is 22.5 Å². The van der Waals surface area contributed by atoms with Crippen LogP contribution in [-0.2, 0) is 21.7 Å². The summed E-state index contributed by atoms with van der Waals surface area (Å²) >= 11 is 1.05. The average molecular weight is 494 g/mol. The highest BCUT2D eigenvalue weighted by Gasteiger charge is 2.51. The minimum atomic E-state index is -3.30. The van der Waals surface area contributed by atoms with Gasteiger partial charge in [-0.05, 0) is 39.0 Å². The smallest absolute Gasteiger partial charge is 0.265 e. The molecule has 0 saturated heterocycles. The first kappa shape index (κ1) is 25.5. The van der Waals surface area contributed by atoms with Crippen LogP contribution in [0.4, 0.5) is 13.2 Å². The number of benzene rings is 1. The van der Waals surface area contributed by atoms with Gasteiger partial charge in [-0.25, -0.2) is 13.2 Å². The molecule has 0 aliphatic rings. The zero-order chi connectivity index (χ0) is 22.6. The Balaban J connectivity index is 3.64. The number of Topliss-reactive ketones (excluding diaryl/α,β-unsaturated/α-hetero) is 1. The second-order valence-corrected chi connectivity index (χ2v) is 10.5. The standard InChI is InChI=1S/C19H23BrF3N3O2S/c1-18(2,3)29(28)25-19(17(22)23,14-8-13(20)6-7-15(14)21)9-16(27)12(10-24)11-26(4)5/h6-8,11,17,25H,9H2,1-5H3/b12-11+. The Morgan fingerprint density at radius 2 is 2.00 bits per heavy atom. The lowest BCUT2D eigenvalue weighted by Crippen LogP contribution is -2.56. The fourth-order valence-corrected chi connectivity index (χ4v) is 3.62. The van der Waals surface area contributed by atoms with Gasteiger partial charge in [-0.3, -0.25) is 4.79 Å². The van der Waals surface area contributed by atoms with Gasteiger partial charge in [0.25, 0.3) is 6.43 Å². The minimum Gasteiger partial charge on any atom is -0.598 e. The van der Waals surface area contributed by atoms with Crippen LogP contribution in [0.3, 0.4) is 0 Å². The van der Waals surface area contributed by atoms with Gasteiger partial charge < -0.3 is 9.45 Å². The molecule has 0 bridgehead atoms. The van der Waals surface area contributed by atoms with Gasteiger partial charge in [0.15, 0.2) is 11.3 Å². The topological polar surface area (TPSA) is 79.2 Å². The van der Waals surface area contributed by atoms with Crippen molar-refractivity contribution in [2.45, 2.75) is 43.9 Å². The second-order valence-electron chi connectivity index (χ2n) is 7.60. The number of hydrogen-bond acceptors (Lipinski definition) is 5. The van der Waals surface area contributed by atoms with Crippen LogP contribution in [-0.4, -0.2) is 40.5 Å². The van der Waals surface area contributed by atoms with E-state index in [0.29, 0.717) is 4.47 Å². The van der Waals surface area contributed by atoms with Gasteiger partial charge in [0.05, 0.1) is 0 Å². The van der Waals surface area contributed by atoms with Crippen LogP contribution in [0.5, 0.6) is 0 Å². The molecule has 2 unspecified atom stereocenters. The number of hydrogen-bond donors (Lipinski definition) is 1. The first-order chi connectivity index (χ1) is 13.2. The molecule has 1 N–H and O–H groups in total. The van der Waals surface area contributed by atoms with Gasteiger partial charge in [0, 0.05) is 48.1 Å². The number of alkyl halides is 2. The van der Waals surface area contributed by atoms with E-state index in [9.17, 15) is 27.8 Å². The van der Waals surface area contributed by atoms with Crippen molar-refractivity contribution in [2.24, 2.45) is 0 Å². The Morgan fingerprint density at radius 1 is 1.41 bits per heavy atom. The summed E-state index contributed by atoms with van der Waals surface area (Å²) in [5.41, 5.74) is -3.50. The van der Waals surface area contributed by atoms with Crippen LogP contribution >= 0.6 is 15.9 Å². The number of nitrogens with one attached hydrogen (secondary N) is 1. The van der Waals surface area contributed by atoms with E-state index >= 15 is 0 Å². The molecular formula is C19H23BrF3N3O2S. The monoisotopic (exact) mass is 493 g/mol. The molecule has 0 aliphatic carbocycles. The van der Waals surface area contributed by atoms with E-state index in [1.54, 1.807) is 40.9 Å². The van der Waals surface area contributed by atoms with Crippen molar-refractivity contribution in [1.82, 2.24) is 9.62 Å². The molecule has 0 fully saturated rings. The molecule has 160 valence electrons. The molecule has 0 amide bonds. The lowest BCUT2D eigenvalue weighted by Gasteiger charge is -2.37. The van der Waals surface area contributed by atoms with E-state index in [1.165, 1.54) is 17.2 Å². The first-order valence-corrected chi connectivity index (χ1v) is 10.4. The van der Waals surface area contributed by atoms with E-state index in [1.807, 2.05) is 0 Å². The molecule has 29 heavy (non-hydrogen) atoms. The maximum Gasteiger partial charge on any atom is 0.265 e. The Bertz CT molecular complexity index is 822. The number of halogens is 4. The quantitative estimate of drug-likeness (QED) is 0.336. The van der Waals surface area contributed by atoms with Crippen molar-refractivity contribution in [1.29, 1.82) is 5.26 Å². The fourth-order valence-electron chi connectivity index (χ4n) is 2.35. The molecule has 0 heterocycles. The van der Waals surface area contributed by atoms with Gasteiger partial charge in [-0.1, -0.05) is 15.9 Å². The summed E-state index contributed by atoms with van der Waals surface area (Å²) in [6.07, 6.45) is -3.08. The molecule has 2 atom stereocenters. The molecule has 1 aromatic rings. The Labute approximate surface area is 180 Å². The van der Waals surface area contributed by atoms with Crippen LogP contribution in [0.25, 0.3) is 0 Å². The zero-order valence-electron chi connectivity index (χ0n) is 16.7. The van der Waals surface area contributed by atoms with E-state index in [2.05, 4.69) is 20.7 Å². The van der Waals surface area contributed by atoms with Gasteiger partial charge in [0.1, 0.15) is 22.2 Å². The summed E-state index contributed by atoms with van der Waals surface area (Å²) in [7, 11) is 3.12. The highest BCUT2D eigenvalue weighted by atomic mass is 79.9. The third-order valence-corrected chi connectivity index (χ3v) is 6.02. The maximum absolute atomic E-state index is 14.6. The summed E-state index contributed by atoms with van der Waals surface area (Å²) in [6, 6.07) is 5.09. The number of allylic oxidation sites excluding steroid dienone is 1. The van der Waals surface area contributed by atoms with Crippen LogP contribution in [0.15, 0.2) is 34.4 Å². The molecule has 0 saturated carbocycles. The fraction of sp³-hybridized carbons (Fsp3) is 0.474. The predicted molar refractivity (Wildman–Crippen MR) is 110 cm³/mol. The van der Waals surface area contributed by atoms with Crippen molar-refractivity contribution in [3.8, 4) is 6.07 Å². The second kappa shape index (κ2) is 9.98. The van der Waals surface area contributed by atoms with Gasteiger partial charge >= 0.3 is 0 Å². The summed E-state index contributed by atoms with van der Waals surface area (Å²) in [6.45, 7) is 4.66. The third-order valence-electron chi connectivity index (χ3n) is 3.86. The number of nitrogens with zero attached hydrogens (tertiary/aromatic N) is 2. The predicted octanol–water partition coefficient (Wildman–Crippen LogP) is 4.03. The van der Waals surface area contributed by atoms with Crippen LogP contribution in [0.1, 0.15) is 32.8 Å². The van der Waals surface area contributed by atoms with Crippen LogP contribution in [0.2, 0.25) is 0 Å². The van der Waals surface area contributed by atoms with E-state index in [-0.39, 0.29) is 5.57 Å². The van der Waals surface area contributed by atoms with E-state index < -0.39 is 51.7 Å². The first-order valence-electron chi connectivity index (χ1n) is 8.49. The number of carbonyl (C=O) groups is 1. The zero-order valence-corrected chi connectivity index (χ0v) is 19.1. The summed E-state index contributed by atoms with van der Waals surface area (Å²) in [4.78, 5) is 14.1. The molecule has 0 radical (unpaired) electrons. The third kappa shape index (κ3) is 6.47. The molecular weight excluding hydrogens is 471 g/mol. The van der Waals surface area contributed by atoms with E-state index in [4.69, 9.17) is 0 Å². The molecule has 1 rings (SSSR count). The number of rotatable bonds is 8. The molecule has 0 spiro atoms. The minimum absolute atomic E-state index is 0.305. The Kier molecular flexibility index (Phi) is 8.77. The van der Waals surface area contributed by atoms with Crippen molar-refractivity contribution in [3.63, 3.8) is 0 Å². The Morgan fingerprint density at radius 3 is 2.45 bits per heavy atom. The molecule has 1 aromatic carbocycles. The van der Waals surface area contributed by atoms with E-state index in [0.717, 1.165) is 12.1 Å². The summed E-state index contributed by atoms with van der Waals surface area (Å²) < 4.78 is 57.8. The maximum atomic E-state index is 14.6. The normalized spacial score (nSPS) is 15.6. The molecule has 0 aromatic heterocycles. The van der Waals surface area contributed by atoms with Crippen molar-refractivity contribution in [2.75, 3.05) is 14.1 Å². The van der Waals surface area contributed by atoms with Crippen molar-refractivity contribution >= 4 is 33.1 Å².